The van der Waals surface area contributed by atoms with Crippen LogP contribution in [-0.2, 0) is 0 Å². The summed E-state index contributed by atoms with van der Waals surface area (Å²) in [6.45, 7) is 1.92. The lowest BCUT2D eigenvalue weighted by Gasteiger charge is -2.25. The molecule has 5 rings (SSSR count). The number of nitrogen functional groups attached to an aromatic ring is 1. The third-order valence-electron chi connectivity index (χ3n) is 6.07. The molecule has 3 aromatic heterocycles. The van der Waals surface area contributed by atoms with E-state index < -0.39 is 0 Å². The third-order valence-corrected chi connectivity index (χ3v) is 6.07. The van der Waals surface area contributed by atoms with E-state index in [1.54, 1.807) is 24.3 Å². The number of pyridine rings is 2. The summed E-state index contributed by atoms with van der Waals surface area (Å²) in [5, 5.41) is 0.969. The van der Waals surface area contributed by atoms with E-state index in [1.807, 2.05) is 85.8 Å². The molecule has 0 aliphatic rings. The predicted octanol–water partition coefficient (Wildman–Crippen LogP) is 5.17. The summed E-state index contributed by atoms with van der Waals surface area (Å²) in [4.78, 5) is 33.4. The highest BCUT2D eigenvalue weighted by molar-refractivity contribution is 5.98. The Bertz CT molecular complexity index is 1500. The van der Waals surface area contributed by atoms with Gasteiger partial charge in [-0.15, -0.1) is 0 Å². The van der Waals surface area contributed by atoms with Gasteiger partial charge in [0.15, 0.2) is 11.5 Å². The van der Waals surface area contributed by atoms with Crippen LogP contribution in [0.15, 0.2) is 91.3 Å². The summed E-state index contributed by atoms with van der Waals surface area (Å²) < 4.78 is 0. The Morgan fingerprint density at radius 1 is 0.829 bits per heavy atom. The van der Waals surface area contributed by atoms with Gasteiger partial charge < -0.3 is 10.6 Å². The van der Waals surface area contributed by atoms with Gasteiger partial charge in [-0.1, -0.05) is 48.5 Å². The second-order valence-corrected chi connectivity index (χ2v) is 8.28. The Labute approximate surface area is 203 Å². The molecule has 35 heavy (non-hydrogen) atoms. The average molecular weight is 461 g/mol. The van der Waals surface area contributed by atoms with Crippen molar-refractivity contribution in [3.63, 3.8) is 0 Å². The van der Waals surface area contributed by atoms with E-state index in [-0.39, 0.29) is 23.5 Å². The van der Waals surface area contributed by atoms with Crippen LogP contribution < -0.4 is 5.73 Å². The first kappa shape index (κ1) is 22.2. The average Bonchev–Trinajstić information content (AvgIpc) is 2.92. The number of rotatable bonds is 5. The van der Waals surface area contributed by atoms with Gasteiger partial charge in [0.25, 0.3) is 5.91 Å². The van der Waals surface area contributed by atoms with Gasteiger partial charge in [-0.05, 0) is 37.3 Å². The van der Waals surface area contributed by atoms with Crippen molar-refractivity contribution in [3.05, 3.63) is 103 Å². The van der Waals surface area contributed by atoms with Gasteiger partial charge in [0, 0.05) is 36.0 Å². The quantitative estimate of drug-likeness (QED) is 0.389. The van der Waals surface area contributed by atoms with E-state index in [4.69, 9.17) is 10.7 Å². The van der Waals surface area contributed by atoms with Crippen molar-refractivity contribution in [1.82, 2.24) is 24.8 Å². The molecular weight excluding hydrogens is 436 g/mol. The summed E-state index contributed by atoms with van der Waals surface area (Å²) >= 11 is 0. The number of hydrogen-bond acceptors (Lipinski definition) is 6. The molecule has 7 nitrogen and oxygen atoms in total. The first-order chi connectivity index (χ1) is 17.0. The van der Waals surface area contributed by atoms with Crippen LogP contribution in [0.1, 0.15) is 29.1 Å². The predicted molar refractivity (Wildman–Crippen MR) is 137 cm³/mol. The SMILES string of the molecule is CC(c1ccccn1)N(C)C(=O)c1nc(-c2ccc3ncccc3c2)c(-c2ccccc2)nc1N. The fourth-order valence-corrected chi connectivity index (χ4v) is 3.99. The van der Waals surface area contributed by atoms with E-state index >= 15 is 0 Å². The van der Waals surface area contributed by atoms with Crippen molar-refractivity contribution < 1.29 is 4.79 Å². The fourth-order valence-electron chi connectivity index (χ4n) is 3.99. The van der Waals surface area contributed by atoms with Crippen LogP contribution in [0.4, 0.5) is 5.82 Å². The van der Waals surface area contributed by atoms with Gasteiger partial charge in [-0.25, -0.2) is 9.97 Å². The number of hydrogen-bond donors (Lipinski definition) is 1. The Morgan fingerprint density at radius 3 is 2.34 bits per heavy atom. The minimum Gasteiger partial charge on any atom is -0.382 e. The molecule has 1 amide bonds. The third kappa shape index (κ3) is 4.31. The van der Waals surface area contributed by atoms with Gasteiger partial charge in [-0.3, -0.25) is 14.8 Å². The highest BCUT2D eigenvalue weighted by Gasteiger charge is 2.26. The largest absolute Gasteiger partial charge is 0.382 e. The lowest BCUT2D eigenvalue weighted by molar-refractivity contribution is 0.0735. The zero-order valence-electron chi connectivity index (χ0n) is 19.5. The highest BCUT2D eigenvalue weighted by atomic mass is 16.2. The zero-order valence-corrected chi connectivity index (χ0v) is 19.5. The van der Waals surface area contributed by atoms with E-state index in [1.165, 1.54) is 0 Å². The minimum absolute atomic E-state index is 0.0835. The van der Waals surface area contributed by atoms with E-state index in [0.717, 1.165) is 27.7 Å². The van der Waals surface area contributed by atoms with Crippen LogP contribution in [0.5, 0.6) is 0 Å². The number of carbonyl (C=O) groups excluding carboxylic acids is 1. The molecule has 1 atom stereocenters. The summed E-state index contributed by atoms with van der Waals surface area (Å²) in [5.41, 5.74) is 11.0. The Hall–Kier alpha value is -4.65. The molecule has 0 aliphatic carbocycles. The number of nitrogens with two attached hydrogens (primary N) is 1. The summed E-state index contributed by atoms with van der Waals surface area (Å²) in [5.74, 6) is -0.239. The number of aromatic nitrogens is 4. The first-order valence-electron chi connectivity index (χ1n) is 11.3. The van der Waals surface area contributed by atoms with Crippen molar-refractivity contribution in [2.75, 3.05) is 12.8 Å². The molecule has 0 saturated heterocycles. The Balaban J connectivity index is 1.63. The monoisotopic (exact) mass is 460 g/mol. The van der Waals surface area contributed by atoms with Crippen LogP contribution >= 0.6 is 0 Å². The van der Waals surface area contributed by atoms with Crippen LogP contribution in [0.3, 0.4) is 0 Å². The smallest absolute Gasteiger partial charge is 0.276 e. The number of carbonyl (C=O) groups is 1. The van der Waals surface area contributed by atoms with E-state index in [0.29, 0.717) is 11.4 Å². The fraction of sp³-hybridized carbons (Fsp3) is 0.107. The molecule has 0 aliphatic heterocycles. The van der Waals surface area contributed by atoms with Crippen LogP contribution in [0, 0.1) is 0 Å². The molecular formula is C28H24N6O. The number of amides is 1. The lowest BCUT2D eigenvalue weighted by Crippen LogP contribution is -2.31. The van der Waals surface area contributed by atoms with Crippen LogP contribution in [0.2, 0.25) is 0 Å². The van der Waals surface area contributed by atoms with Crippen molar-refractivity contribution in [3.8, 4) is 22.5 Å². The molecule has 2 aromatic carbocycles. The maximum Gasteiger partial charge on any atom is 0.276 e. The molecule has 0 fully saturated rings. The summed E-state index contributed by atoms with van der Waals surface area (Å²) in [7, 11) is 1.72. The molecule has 2 N–H and O–H groups in total. The maximum atomic E-state index is 13.5. The first-order valence-corrected chi connectivity index (χ1v) is 11.3. The van der Waals surface area contributed by atoms with Crippen molar-refractivity contribution in [2.45, 2.75) is 13.0 Å². The van der Waals surface area contributed by atoms with Gasteiger partial charge in [0.05, 0.1) is 28.6 Å². The van der Waals surface area contributed by atoms with Crippen molar-refractivity contribution >= 4 is 22.6 Å². The molecule has 172 valence electrons. The summed E-state index contributed by atoms with van der Waals surface area (Å²) in [6, 6.07) is 24.8. The molecule has 1 unspecified atom stereocenters. The number of anilines is 1. The van der Waals surface area contributed by atoms with E-state index in [9.17, 15) is 4.79 Å². The van der Waals surface area contributed by atoms with Crippen LogP contribution in [0.25, 0.3) is 33.4 Å². The molecule has 7 heteroatoms. The van der Waals surface area contributed by atoms with Crippen molar-refractivity contribution in [2.24, 2.45) is 0 Å². The lowest BCUT2D eigenvalue weighted by atomic mass is 10.0. The van der Waals surface area contributed by atoms with E-state index in [2.05, 4.69) is 15.0 Å². The van der Waals surface area contributed by atoms with Crippen molar-refractivity contribution in [1.29, 1.82) is 0 Å². The standard InChI is InChI=1S/C28H24N6O/c1-18(22-12-6-7-15-30-22)34(2)28(35)26-27(29)33-24(19-9-4-3-5-10-19)25(32-26)21-13-14-23-20(17-21)11-8-16-31-23/h3-18H,1-2H3,(H2,29,33). The molecule has 0 saturated carbocycles. The molecule has 3 heterocycles. The van der Waals surface area contributed by atoms with Crippen LogP contribution in [-0.4, -0.2) is 37.8 Å². The normalized spacial score (nSPS) is 11.8. The van der Waals surface area contributed by atoms with Gasteiger partial charge in [0.1, 0.15) is 0 Å². The zero-order chi connectivity index (χ0) is 24.4. The maximum absolute atomic E-state index is 13.5. The highest BCUT2D eigenvalue weighted by Crippen LogP contribution is 2.33. The van der Waals surface area contributed by atoms with Gasteiger partial charge in [0.2, 0.25) is 0 Å². The molecule has 0 spiro atoms. The molecule has 0 radical (unpaired) electrons. The molecule has 5 aromatic rings. The van der Waals surface area contributed by atoms with Gasteiger partial charge >= 0.3 is 0 Å². The minimum atomic E-state index is -0.323. The number of benzene rings is 2. The molecule has 0 bridgehead atoms. The second-order valence-electron chi connectivity index (χ2n) is 8.28. The Morgan fingerprint density at radius 2 is 1.57 bits per heavy atom. The Kier molecular flexibility index (Phi) is 5.89. The second kappa shape index (κ2) is 9.30. The van der Waals surface area contributed by atoms with Gasteiger partial charge in [-0.2, -0.15) is 0 Å². The summed E-state index contributed by atoms with van der Waals surface area (Å²) in [6.07, 6.45) is 3.47. The number of fused-ring (bicyclic) bond motifs is 1. The number of nitrogens with zero attached hydrogens (tertiary/aromatic N) is 5. The topological polar surface area (TPSA) is 97.9 Å².